The number of amides is 1. The van der Waals surface area contributed by atoms with E-state index in [1.165, 1.54) is 11.8 Å². The predicted molar refractivity (Wildman–Crippen MR) is 122 cm³/mol. The number of alkyl halides is 6. The van der Waals surface area contributed by atoms with Gasteiger partial charge in [-0.15, -0.1) is 0 Å². The first-order valence-electron chi connectivity index (χ1n) is 10.9. The Balaban J connectivity index is 0.000000454. The van der Waals surface area contributed by atoms with Crippen molar-refractivity contribution in [2.24, 2.45) is 11.7 Å². The maximum absolute atomic E-state index is 13.4. The second kappa shape index (κ2) is 11.0. The summed E-state index contributed by atoms with van der Waals surface area (Å²) in [7, 11) is 0. The summed E-state index contributed by atoms with van der Waals surface area (Å²) in [6, 6.07) is 9.62. The molecule has 0 spiro atoms. The monoisotopic (exact) mass is 535 g/mol. The Kier molecular flexibility index (Phi) is 8.44. The molecule has 1 saturated carbocycles. The minimum Gasteiger partial charge on any atom is -0.475 e. The predicted octanol–water partition coefficient (Wildman–Crippen LogP) is 6.39. The average Bonchev–Trinajstić information content (AvgIpc) is 2.77. The number of rotatable bonds is 3. The minimum absolute atomic E-state index is 0.0948. The van der Waals surface area contributed by atoms with E-state index < -0.39 is 23.9 Å². The van der Waals surface area contributed by atoms with Crippen molar-refractivity contribution in [1.29, 1.82) is 0 Å². The lowest BCUT2D eigenvalue weighted by atomic mass is 9.84. The summed E-state index contributed by atoms with van der Waals surface area (Å²) in [5.74, 6) is -2.87. The third-order valence-electron chi connectivity index (χ3n) is 5.61. The Hall–Kier alpha value is -2.93. The molecule has 0 saturated heterocycles. The molecule has 1 amide bonds. The molecule has 5 N–H and O–H groups in total. The number of hydrogen-bond donors (Lipinski definition) is 4. The van der Waals surface area contributed by atoms with E-state index in [0.717, 1.165) is 48.4 Å². The normalized spacial score (nSPS) is 19.1. The number of nitrogens with one attached hydrogen (secondary N) is 2. The van der Waals surface area contributed by atoms with Crippen LogP contribution < -0.4 is 16.4 Å². The van der Waals surface area contributed by atoms with E-state index in [-0.39, 0.29) is 30.0 Å². The lowest BCUT2D eigenvalue weighted by Crippen LogP contribution is -2.30. The number of carboxylic acid groups (broad SMARTS) is 1. The van der Waals surface area contributed by atoms with Crippen LogP contribution >= 0.6 is 11.8 Å². The number of benzene rings is 2. The van der Waals surface area contributed by atoms with Crippen LogP contribution in [0.15, 0.2) is 46.2 Å². The van der Waals surface area contributed by atoms with Gasteiger partial charge in [-0.05, 0) is 49.4 Å². The molecule has 2 unspecified atom stereocenters. The first-order chi connectivity index (χ1) is 16.7. The van der Waals surface area contributed by atoms with Crippen LogP contribution in [0.25, 0.3) is 0 Å². The van der Waals surface area contributed by atoms with Gasteiger partial charge in [0.15, 0.2) is 0 Å². The SMILES string of the molecule is NC1CCCC(CC(=O)Nc2cc(C(F)(F)F)cc3c2Nc2ccccc2S3)C1.O=C(O)C(F)(F)F. The van der Waals surface area contributed by atoms with E-state index in [9.17, 15) is 31.1 Å². The highest BCUT2D eigenvalue weighted by molar-refractivity contribution is 7.99. The molecule has 1 fully saturated rings. The largest absolute Gasteiger partial charge is 0.490 e. The summed E-state index contributed by atoms with van der Waals surface area (Å²) in [6.45, 7) is 0. The van der Waals surface area contributed by atoms with Crippen LogP contribution in [0.2, 0.25) is 0 Å². The first-order valence-corrected chi connectivity index (χ1v) is 11.7. The van der Waals surface area contributed by atoms with Crippen molar-refractivity contribution in [2.75, 3.05) is 10.6 Å². The Bertz CT molecular complexity index is 1120. The lowest BCUT2D eigenvalue weighted by Gasteiger charge is -2.27. The fourth-order valence-electron chi connectivity index (χ4n) is 3.98. The molecule has 2 atom stereocenters. The minimum atomic E-state index is -5.08. The van der Waals surface area contributed by atoms with E-state index in [4.69, 9.17) is 15.6 Å². The number of aliphatic carboxylic acids is 1. The number of carbonyl (C=O) groups excluding carboxylic acids is 1. The molecule has 2 aromatic rings. The molecule has 6 nitrogen and oxygen atoms in total. The van der Waals surface area contributed by atoms with Gasteiger partial charge in [-0.3, -0.25) is 4.79 Å². The maximum Gasteiger partial charge on any atom is 0.490 e. The molecule has 1 aliphatic carbocycles. The second-order valence-corrected chi connectivity index (χ2v) is 9.55. The molecular formula is C23H23F6N3O3S. The summed E-state index contributed by atoms with van der Waals surface area (Å²) >= 11 is 1.26. The molecule has 0 aromatic heterocycles. The molecule has 36 heavy (non-hydrogen) atoms. The third kappa shape index (κ3) is 7.29. The standard InChI is InChI=1S/C21H22F3N3OS.C2HF3O2/c22-21(23,24)13-10-16(26-19(28)9-12-4-3-5-14(25)8-12)20-18(11-13)29-17-7-2-1-6-15(17)27-20;3-2(4,5)1(6)7/h1-2,6-7,10-12,14,27H,3-5,8-9,25H2,(H,26,28);(H,6,7). The molecular weight excluding hydrogens is 512 g/mol. The number of halogens is 6. The molecule has 2 aliphatic rings. The number of anilines is 3. The molecule has 0 bridgehead atoms. The highest BCUT2D eigenvalue weighted by Crippen LogP contribution is 2.49. The van der Waals surface area contributed by atoms with E-state index in [1.807, 2.05) is 24.3 Å². The molecule has 4 rings (SSSR count). The average molecular weight is 536 g/mol. The molecule has 13 heteroatoms. The van der Waals surface area contributed by atoms with Gasteiger partial charge in [-0.2, -0.15) is 26.3 Å². The zero-order chi connectivity index (χ0) is 26.7. The summed E-state index contributed by atoms with van der Waals surface area (Å²) in [6.07, 6.45) is -5.68. The van der Waals surface area contributed by atoms with Gasteiger partial charge in [0.1, 0.15) is 0 Å². The van der Waals surface area contributed by atoms with Crippen molar-refractivity contribution in [3.05, 3.63) is 42.0 Å². The van der Waals surface area contributed by atoms with Crippen LogP contribution in [0.4, 0.5) is 43.4 Å². The highest BCUT2D eigenvalue weighted by Gasteiger charge is 2.38. The zero-order valence-electron chi connectivity index (χ0n) is 18.7. The van der Waals surface area contributed by atoms with Crippen LogP contribution in [0.3, 0.4) is 0 Å². The van der Waals surface area contributed by atoms with Crippen LogP contribution in [-0.4, -0.2) is 29.2 Å². The van der Waals surface area contributed by atoms with Gasteiger partial charge in [0.05, 0.1) is 22.6 Å². The van der Waals surface area contributed by atoms with Crippen molar-refractivity contribution >= 4 is 40.7 Å². The summed E-state index contributed by atoms with van der Waals surface area (Å²) < 4.78 is 72.0. The zero-order valence-corrected chi connectivity index (χ0v) is 19.5. The summed E-state index contributed by atoms with van der Waals surface area (Å²) in [4.78, 5) is 22.8. The Labute approximate surface area is 206 Å². The molecule has 1 aliphatic heterocycles. The molecule has 0 radical (unpaired) electrons. The van der Waals surface area contributed by atoms with E-state index in [2.05, 4.69) is 10.6 Å². The molecule has 2 aromatic carbocycles. The topological polar surface area (TPSA) is 104 Å². The maximum atomic E-state index is 13.4. The van der Waals surface area contributed by atoms with Crippen LogP contribution in [0.1, 0.15) is 37.7 Å². The van der Waals surface area contributed by atoms with Gasteiger partial charge in [-0.1, -0.05) is 30.3 Å². The van der Waals surface area contributed by atoms with E-state index in [0.29, 0.717) is 10.6 Å². The fraction of sp³-hybridized carbons (Fsp3) is 0.391. The molecule has 196 valence electrons. The van der Waals surface area contributed by atoms with E-state index >= 15 is 0 Å². The smallest absolute Gasteiger partial charge is 0.475 e. The van der Waals surface area contributed by atoms with Gasteiger partial charge >= 0.3 is 18.3 Å². The number of hydrogen-bond acceptors (Lipinski definition) is 5. The van der Waals surface area contributed by atoms with Gasteiger partial charge < -0.3 is 21.5 Å². The Morgan fingerprint density at radius 2 is 1.75 bits per heavy atom. The van der Waals surface area contributed by atoms with Crippen molar-refractivity contribution < 1.29 is 41.0 Å². The van der Waals surface area contributed by atoms with Crippen LogP contribution in [0.5, 0.6) is 0 Å². The number of carboxylic acids is 1. The van der Waals surface area contributed by atoms with Crippen LogP contribution in [-0.2, 0) is 15.8 Å². The Morgan fingerprint density at radius 3 is 2.36 bits per heavy atom. The number of nitrogens with two attached hydrogens (primary N) is 1. The van der Waals surface area contributed by atoms with Crippen LogP contribution in [0, 0.1) is 5.92 Å². The summed E-state index contributed by atoms with van der Waals surface area (Å²) in [5, 5.41) is 13.0. The number of carbonyl (C=O) groups is 2. The first kappa shape index (κ1) is 27.7. The van der Waals surface area contributed by atoms with Gasteiger partial charge in [0.25, 0.3) is 0 Å². The quantitative estimate of drug-likeness (QED) is 0.290. The highest BCUT2D eigenvalue weighted by atomic mass is 32.2. The van der Waals surface area contributed by atoms with Crippen molar-refractivity contribution in [3.8, 4) is 0 Å². The van der Waals surface area contributed by atoms with Gasteiger partial charge in [-0.25, -0.2) is 4.79 Å². The summed E-state index contributed by atoms with van der Waals surface area (Å²) in [5.41, 5.74) is 6.66. The molecule has 1 heterocycles. The van der Waals surface area contributed by atoms with E-state index in [1.54, 1.807) is 0 Å². The third-order valence-corrected chi connectivity index (χ3v) is 6.73. The van der Waals surface area contributed by atoms with Crippen molar-refractivity contribution in [1.82, 2.24) is 0 Å². The number of para-hydroxylation sites is 1. The number of fused-ring (bicyclic) bond motifs is 2. The van der Waals surface area contributed by atoms with Gasteiger partial charge in [0.2, 0.25) is 5.91 Å². The van der Waals surface area contributed by atoms with Crippen molar-refractivity contribution in [3.63, 3.8) is 0 Å². The van der Waals surface area contributed by atoms with Crippen molar-refractivity contribution in [2.45, 2.75) is 60.3 Å². The lowest BCUT2D eigenvalue weighted by molar-refractivity contribution is -0.192. The fourth-order valence-corrected chi connectivity index (χ4v) is 5.04. The second-order valence-electron chi connectivity index (χ2n) is 8.47. The van der Waals surface area contributed by atoms with Gasteiger partial charge in [0, 0.05) is 22.3 Å². The Morgan fingerprint density at radius 1 is 1.08 bits per heavy atom.